The molecule has 0 bridgehead atoms. The first-order chi connectivity index (χ1) is 9.31. The van der Waals surface area contributed by atoms with Gasteiger partial charge in [0.25, 0.3) is 0 Å². The molecule has 4 heteroatoms. The van der Waals surface area contributed by atoms with Crippen LogP contribution in [0.4, 0.5) is 5.82 Å². The Bertz CT molecular complexity index is 424. The van der Waals surface area contributed by atoms with Crippen LogP contribution in [0.2, 0.25) is 0 Å². The predicted octanol–water partition coefficient (Wildman–Crippen LogP) is 2.78. The van der Waals surface area contributed by atoms with E-state index in [2.05, 4.69) is 9.88 Å². The SMILES string of the molecule is CCC(=O)N(/C=C\N1CCCCC1)c1ccccn1. The third-order valence-electron chi connectivity index (χ3n) is 3.28. The largest absolute Gasteiger partial charge is 0.376 e. The minimum atomic E-state index is 0.0620. The molecule has 1 saturated heterocycles. The van der Waals surface area contributed by atoms with Gasteiger partial charge in [0.1, 0.15) is 5.82 Å². The predicted molar refractivity (Wildman–Crippen MR) is 76.6 cm³/mol. The summed E-state index contributed by atoms with van der Waals surface area (Å²) in [4.78, 5) is 20.1. The zero-order valence-corrected chi connectivity index (χ0v) is 11.5. The van der Waals surface area contributed by atoms with Crippen molar-refractivity contribution in [1.82, 2.24) is 9.88 Å². The molecule has 0 unspecified atom stereocenters. The maximum absolute atomic E-state index is 12.0. The van der Waals surface area contributed by atoms with Crippen LogP contribution in [-0.2, 0) is 4.79 Å². The summed E-state index contributed by atoms with van der Waals surface area (Å²) in [6.45, 7) is 4.02. The van der Waals surface area contributed by atoms with E-state index < -0.39 is 0 Å². The Morgan fingerprint density at radius 3 is 2.79 bits per heavy atom. The van der Waals surface area contributed by atoms with Gasteiger partial charge in [-0.3, -0.25) is 9.69 Å². The molecular weight excluding hydrogens is 238 g/mol. The molecule has 1 amide bonds. The lowest BCUT2D eigenvalue weighted by molar-refractivity contribution is -0.117. The van der Waals surface area contributed by atoms with E-state index in [4.69, 9.17) is 0 Å². The van der Waals surface area contributed by atoms with Crippen LogP contribution in [0.1, 0.15) is 32.6 Å². The fraction of sp³-hybridized carbons (Fsp3) is 0.467. The highest BCUT2D eigenvalue weighted by atomic mass is 16.2. The number of carbonyl (C=O) groups excluding carboxylic acids is 1. The molecule has 0 spiro atoms. The Hall–Kier alpha value is -1.84. The topological polar surface area (TPSA) is 36.4 Å². The van der Waals surface area contributed by atoms with Gasteiger partial charge >= 0.3 is 0 Å². The molecule has 0 aliphatic carbocycles. The molecule has 0 radical (unpaired) electrons. The van der Waals surface area contributed by atoms with E-state index in [1.165, 1.54) is 19.3 Å². The smallest absolute Gasteiger partial charge is 0.232 e. The molecule has 0 aromatic carbocycles. The minimum Gasteiger partial charge on any atom is -0.376 e. The molecule has 1 aromatic rings. The lowest BCUT2D eigenvalue weighted by Crippen LogP contribution is -2.28. The summed E-state index contributed by atoms with van der Waals surface area (Å²) in [7, 11) is 0. The maximum atomic E-state index is 12.0. The van der Waals surface area contributed by atoms with Gasteiger partial charge in [-0.25, -0.2) is 4.98 Å². The van der Waals surface area contributed by atoms with E-state index in [9.17, 15) is 4.79 Å². The van der Waals surface area contributed by atoms with Crippen LogP contribution in [0.25, 0.3) is 0 Å². The van der Waals surface area contributed by atoms with Gasteiger partial charge in [0, 0.05) is 38.1 Å². The van der Waals surface area contributed by atoms with Crippen LogP contribution < -0.4 is 4.90 Å². The highest BCUT2D eigenvalue weighted by molar-refractivity contribution is 5.93. The zero-order chi connectivity index (χ0) is 13.5. The van der Waals surface area contributed by atoms with Crippen molar-refractivity contribution < 1.29 is 4.79 Å². The van der Waals surface area contributed by atoms with E-state index in [0.717, 1.165) is 13.1 Å². The first-order valence-electron chi connectivity index (χ1n) is 6.96. The summed E-state index contributed by atoms with van der Waals surface area (Å²) in [5.74, 6) is 0.745. The number of rotatable bonds is 4. The van der Waals surface area contributed by atoms with Gasteiger partial charge < -0.3 is 4.90 Å². The summed E-state index contributed by atoms with van der Waals surface area (Å²) in [5, 5.41) is 0. The van der Waals surface area contributed by atoms with Gasteiger partial charge in [-0.15, -0.1) is 0 Å². The van der Waals surface area contributed by atoms with E-state index in [1.54, 1.807) is 11.1 Å². The summed E-state index contributed by atoms with van der Waals surface area (Å²) < 4.78 is 0. The lowest BCUT2D eigenvalue weighted by atomic mass is 10.1. The van der Waals surface area contributed by atoms with Crippen LogP contribution in [0, 0.1) is 0 Å². The number of hydrogen-bond donors (Lipinski definition) is 0. The van der Waals surface area contributed by atoms with Gasteiger partial charge in [0.2, 0.25) is 5.91 Å². The van der Waals surface area contributed by atoms with E-state index in [-0.39, 0.29) is 5.91 Å². The van der Waals surface area contributed by atoms with Crippen LogP contribution in [0.3, 0.4) is 0 Å². The molecule has 0 N–H and O–H groups in total. The Morgan fingerprint density at radius 1 is 1.37 bits per heavy atom. The van der Waals surface area contributed by atoms with E-state index >= 15 is 0 Å². The Kier molecular flexibility index (Phi) is 4.95. The molecule has 2 heterocycles. The number of piperidine rings is 1. The van der Waals surface area contributed by atoms with Gasteiger partial charge in [0.15, 0.2) is 0 Å². The number of anilines is 1. The quantitative estimate of drug-likeness (QED) is 0.834. The van der Waals surface area contributed by atoms with E-state index in [1.807, 2.05) is 37.5 Å². The Balaban J connectivity index is 2.10. The standard InChI is InChI=1S/C15H21N3O/c1-2-15(19)18(14-8-4-5-9-16-14)13-12-17-10-6-3-7-11-17/h4-5,8-9,12-13H,2-3,6-7,10-11H2,1H3/b13-12-. The van der Waals surface area contributed by atoms with Crippen molar-refractivity contribution in [3.05, 3.63) is 36.8 Å². The average molecular weight is 259 g/mol. The summed E-state index contributed by atoms with van der Waals surface area (Å²) in [6, 6.07) is 5.60. The maximum Gasteiger partial charge on any atom is 0.232 e. The number of amides is 1. The molecule has 0 saturated carbocycles. The molecule has 1 aliphatic heterocycles. The van der Waals surface area contributed by atoms with Crippen molar-refractivity contribution in [2.75, 3.05) is 18.0 Å². The number of aromatic nitrogens is 1. The first kappa shape index (κ1) is 13.6. The molecule has 1 aromatic heterocycles. The van der Waals surface area contributed by atoms with Crippen molar-refractivity contribution in [3.63, 3.8) is 0 Å². The molecule has 19 heavy (non-hydrogen) atoms. The van der Waals surface area contributed by atoms with Gasteiger partial charge in [-0.1, -0.05) is 13.0 Å². The van der Waals surface area contributed by atoms with Crippen molar-refractivity contribution in [2.24, 2.45) is 0 Å². The molecule has 4 nitrogen and oxygen atoms in total. The van der Waals surface area contributed by atoms with E-state index in [0.29, 0.717) is 12.2 Å². The van der Waals surface area contributed by atoms with Crippen LogP contribution in [0.15, 0.2) is 36.8 Å². The second kappa shape index (κ2) is 6.92. The first-order valence-corrected chi connectivity index (χ1v) is 6.96. The number of hydrogen-bond acceptors (Lipinski definition) is 3. The van der Waals surface area contributed by atoms with Crippen LogP contribution >= 0.6 is 0 Å². The third-order valence-corrected chi connectivity index (χ3v) is 3.28. The van der Waals surface area contributed by atoms with Gasteiger partial charge in [0.05, 0.1) is 0 Å². The summed E-state index contributed by atoms with van der Waals surface area (Å²) >= 11 is 0. The molecule has 102 valence electrons. The Morgan fingerprint density at radius 2 is 2.16 bits per heavy atom. The lowest BCUT2D eigenvalue weighted by Gasteiger charge is -2.26. The Labute approximate surface area is 114 Å². The zero-order valence-electron chi connectivity index (χ0n) is 11.5. The second-order valence-corrected chi connectivity index (χ2v) is 4.70. The van der Waals surface area contributed by atoms with Crippen molar-refractivity contribution in [1.29, 1.82) is 0 Å². The van der Waals surface area contributed by atoms with Crippen molar-refractivity contribution in [2.45, 2.75) is 32.6 Å². The van der Waals surface area contributed by atoms with Crippen LogP contribution in [-0.4, -0.2) is 28.9 Å². The number of pyridine rings is 1. The molecule has 1 fully saturated rings. The molecular formula is C15H21N3O. The van der Waals surface area contributed by atoms with Crippen LogP contribution in [0.5, 0.6) is 0 Å². The normalized spacial score (nSPS) is 15.7. The molecule has 2 rings (SSSR count). The van der Waals surface area contributed by atoms with Gasteiger partial charge in [-0.2, -0.15) is 0 Å². The molecule has 0 atom stereocenters. The number of likely N-dealkylation sites (tertiary alicyclic amines) is 1. The van der Waals surface area contributed by atoms with Gasteiger partial charge in [-0.05, 0) is 31.4 Å². The monoisotopic (exact) mass is 259 g/mol. The van der Waals surface area contributed by atoms with Crippen molar-refractivity contribution >= 4 is 11.7 Å². The minimum absolute atomic E-state index is 0.0620. The summed E-state index contributed by atoms with van der Waals surface area (Å²) in [6.07, 6.45) is 9.81. The fourth-order valence-electron chi connectivity index (χ4n) is 2.18. The fourth-order valence-corrected chi connectivity index (χ4v) is 2.18. The highest BCUT2D eigenvalue weighted by Crippen LogP contribution is 2.13. The van der Waals surface area contributed by atoms with Crippen molar-refractivity contribution in [3.8, 4) is 0 Å². The third kappa shape index (κ3) is 3.81. The summed E-state index contributed by atoms with van der Waals surface area (Å²) in [5.41, 5.74) is 0. The molecule has 1 aliphatic rings. The average Bonchev–Trinajstić information content (AvgIpc) is 2.49. The highest BCUT2D eigenvalue weighted by Gasteiger charge is 2.13. The number of carbonyl (C=O) groups is 1. The number of nitrogens with zero attached hydrogens (tertiary/aromatic N) is 3. The second-order valence-electron chi connectivity index (χ2n) is 4.70.